The van der Waals surface area contributed by atoms with Crippen LogP contribution in [0.1, 0.15) is 41.7 Å². The second kappa shape index (κ2) is 7.08. The molecule has 2 aromatic rings. The molecule has 0 unspecified atom stereocenters. The summed E-state index contributed by atoms with van der Waals surface area (Å²) in [5.74, 6) is -0.301. The minimum atomic E-state index is -0.335. The number of carbonyl (C=O) groups is 2. The van der Waals surface area contributed by atoms with Crippen molar-refractivity contribution in [2.45, 2.75) is 27.3 Å². The molecule has 0 aromatic carbocycles. The van der Waals surface area contributed by atoms with Crippen molar-refractivity contribution in [1.82, 2.24) is 24.9 Å². The number of anilines is 1. The van der Waals surface area contributed by atoms with Gasteiger partial charge in [-0.2, -0.15) is 10.2 Å². The van der Waals surface area contributed by atoms with E-state index >= 15 is 0 Å². The molecule has 124 valence electrons. The molecule has 0 saturated carbocycles. The predicted molar refractivity (Wildman–Crippen MR) is 86.2 cm³/mol. The van der Waals surface area contributed by atoms with Gasteiger partial charge in [0.15, 0.2) is 5.69 Å². The van der Waals surface area contributed by atoms with Gasteiger partial charge in [-0.1, -0.05) is 13.8 Å². The van der Waals surface area contributed by atoms with Crippen molar-refractivity contribution in [3.8, 4) is 0 Å². The predicted octanol–water partition coefficient (Wildman–Crippen LogP) is 1.27. The van der Waals surface area contributed by atoms with Crippen molar-refractivity contribution >= 4 is 17.5 Å². The quantitative estimate of drug-likeness (QED) is 0.839. The lowest BCUT2D eigenvalue weighted by Gasteiger charge is -2.08. The van der Waals surface area contributed by atoms with Crippen LogP contribution >= 0.6 is 0 Å². The Balaban J connectivity index is 2.20. The normalized spacial score (nSPS) is 10.8. The molecule has 2 rings (SSSR count). The molecule has 0 aliphatic carbocycles. The van der Waals surface area contributed by atoms with Crippen molar-refractivity contribution in [3.05, 3.63) is 29.8 Å². The molecule has 0 fully saturated rings. The highest BCUT2D eigenvalue weighted by Crippen LogP contribution is 2.15. The lowest BCUT2D eigenvalue weighted by Crippen LogP contribution is -2.29. The van der Waals surface area contributed by atoms with Gasteiger partial charge < -0.3 is 10.6 Å². The van der Waals surface area contributed by atoms with Crippen LogP contribution < -0.4 is 10.6 Å². The fraction of sp³-hybridized carbons (Fsp3) is 0.467. The van der Waals surface area contributed by atoms with Crippen LogP contribution in [0.3, 0.4) is 0 Å². The Morgan fingerprint density at radius 2 is 2.04 bits per heavy atom. The van der Waals surface area contributed by atoms with Gasteiger partial charge in [0.2, 0.25) is 0 Å². The van der Waals surface area contributed by atoms with E-state index in [-0.39, 0.29) is 17.5 Å². The highest BCUT2D eigenvalue weighted by atomic mass is 16.2. The van der Waals surface area contributed by atoms with E-state index in [1.54, 1.807) is 30.2 Å². The van der Waals surface area contributed by atoms with E-state index in [0.29, 0.717) is 30.4 Å². The smallest absolute Gasteiger partial charge is 0.274 e. The summed E-state index contributed by atoms with van der Waals surface area (Å²) in [5, 5.41) is 13.7. The third-order valence-corrected chi connectivity index (χ3v) is 3.27. The zero-order chi connectivity index (χ0) is 17.0. The summed E-state index contributed by atoms with van der Waals surface area (Å²) in [5.41, 5.74) is 1.00. The van der Waals surface area contributed by atoms with E-state index in [9.17, 15) is 9.59 Å². The molecule has 0 radical (unpaired) electrons. The topological polar surface area (TPSA) is 93.8 Å². The first-order valence-electron chi connectivity index (χ1n) is 7.57. The Labute approximate surface area is 134 Å². The van der Waals surface area contributed by atoms with Gasteiger partial charge in [0, 0.05) is 32.5 Å². The molecule has 0 saturated heterocycles. The summed E-state index contributed by atoms with van der Waals surface area (Å²) in [6.07, 6.45) is 3.19. The number of nitrogens with zero attached hydrogens (tertiary/aromatic N) is 4. The summed E-state index contributed by atoms with van der Waals surface area (Å²) in [6, 6.07) is 1.61. The van der Waals surface area contributed by atoms with Gasteiger partial charge in [0.25, 0.3) is 11.8 Å². The van der Waals surface area contributed by atoms with Crippen LogP contribution in [0, 0.1) is 5.92 Å². The van der Waals surface area contributed by atoms with E-state index in [0.717, 1.165) is 0 Å². The van der Waals surface area contributed by atoms with E-state index in [2.05, 4.69) is 20.8 Å². The molecule has 8 nitrogen and oxygen atoms in total. The molecule has 2 N–H and O–H groups in total. The first-order chi connectivity index (χ1) is 10.9. The van der Waals surface area contributed by atoms with Crippen molar-refractivity contribution in [1.29, 1.82) is 0 Å². The van der Waals surface area contributed by atoms with E-state index in [1.165, 1.54) is 4.68 Å². The van der Waals surface area contributed by atoms with Crippen molar-refractivity contribution in [3.63, 3.8) is 0 Å². The van der Waals surface area contributed by atoms with Gasteiger partial charge in [-0.25, -0.2) is 0 Å². The number of hydrogen-bond donors (Lipinski definition) is 2. The zero-order valence-electron chi connectivity index (χ0n) is 13.8. The molecule has 2 heterocycles. The minimum Gasteiger partial charge on any atom is -0.350 e. The Hall–Kier alpha value is -2.64. The van der Waals surface area contributed by atoms with Crippen LogP contribution in [0.15, 0.2) is 18.5 Å². The first-order valence-corrected chi connectivity index (χ1v) is 7.57. The Kier molecular flexibility index (Phi) is 5.15. The Morgan fingerprint density at radius 1 is 1.30 bits per heavy atom. The fourth-order valence-electron chi connectivity index (χ4n) is 2.01. The number of aryl methyl sites for hydroxylation is 2. The number of rotatable bonds is 6. The monoisotopic (exact) mass is 318 g/mol. The second-order valence-electron chi connectivity index (χ2n) is 5.65. The first kappa shape index (κ1) is 16.7. The molecule has 2 amide bonds. The second-order valence-corrected chi connectivity index (χ2v) is 5.65. The number of amides is 2. The molecule has 8 heteroatoms. The van der Waals surface area contributed by atoms with Crippen molar-refractivity contribution in [2.75, 3.05) is 11.9 Å². The van der Waals surface area contributed by atoms with Gasteiger partial charge in [-0.05, 0) is 18.9 Å². The van der Waals surface area contributed by atoms with Crippen molar-refractivity contribution < 1.29 is 9.59 Å². The summed E-state index contributed by atoms with van der Waals surface area (Å²) < 4.78 is 3.08. The van der Waals surface area contributed by atoms with Crippen molar-refractivity contribution in [2.24, 2.45) is 13.0 Å². The summed E-state index contributed by atoms with van der Waals surface area (Å²) in [7, 11) is 1.68. The minimum absolute atomic E-state index is 0.211. The van der Waals surface area contributed by atoms with Gasteiger partial charge in [-0.3, -0.25) is 19.0 Å². The number of carbonyl (C=O) groups excluding carboxylic acids is 2. The molecule has 0 spiro atoms. The number of aromatic nitrogens is 4. The van der Waals surface area contributed by atoms with Crippen LogP contribution in [-0.2, 0) is 13.6 Å². The summed E-state index contributed by atoms with van der Waals surface area (Å²) in [4.78, 5) is 24.6. The van der Waals surface area contributed by atoms with Gasteiger partial charge in [-0.15, -0.1) is 0 Å². The van der Waals surface area contributed by atoms with E-state index in [1.807, 2.05) is 20.8 Å². The molecular weight excluding hydrogens is 296 g/mol. The van der Waals surface area contributed by atoms with Crippen LogP contribution in [-0.4, -0.2) is 37.9 Å². The maximum absolute atomic E-state index is 12.3. The van der Waals surface area contributed by atoms with Gasteiger partial charge >= 0.3 is 0 Å². The summed E-state index contributed by atoms with van der Waals surface area (Å²) in [6.45, 7) is 7.08. The standard InChI is InChI=1S/C15H22N6O2/c1-5-21-9-11(13(19-21)15(23)16-8-10(2)3)18-14(22)12-6-7-17-20(12)4/h6-7,9-10H,5,8H2,1-4H3,(H,16,23)(H,18,22). The lowest BCUT2D eigenvalue weighted by molar-refractivity contribution is 0.0944. The largest absolute Gasteiger partial charge is 0.350 e. The van der Waals surface area contributed by atoms with E-state index in [4.69, 9.17) is 0 Å². The van der Waals surface area contributed by atoms with Crippen LogP contribution in [0.4, 0.5) is 5.69 Å². The number of nitrogens with one attached hydrogen (secondary N) is 2. The number of hydrogen-bond acceptors (Lipinski definition) is 4. The summed E-state index contributed by atoms with van der Waals surface area (Å²) >= 11 is 0. The Morgan fingerprint density at radius 3 is 2.61 bits per heavy atom. The SMILES string of the molecule is CCn1cc(NC(=O)c2ccnn2C)c(C(=O)NCC(C)C)n1. The third kappa shape index (κ3) is 3.97. The average molecular weight is 318 g/mol. The average Bonchev–Trinajstić information content (AvgIpc) is 3.10. The fourth-order valence-corrected chi connectivity index (χ4v) is 2.01. The molecule has 23 heavy (non-hydrogen) atoms. The molecular formula is C15H22N6O2. The van der Waals surface area contributed by atoms with E-state index < -0.39 is 0 Å². The molecule has 0 atom stereocenters. The molecule has 2 aromatic heterocycles. The molecule has 0 aliphatic rings. The highest BCUT2D eigenvalue weighted by Gasteiger charge is 2.20. The zero-order valence-corrected chi connectivity index (χ0v) is 13.8. The molecule has 0 aliphatic heterocycles. The lowest BCUT2D eigenvalue weighted by atomic mass is 10.2. The van der Waals surface area contributed by atoms with Gasteiger partial charge in [0.05, 0.1) is 5.69 Å². The maximum atomic E-state index is 12.3. The maximum Gasteiger partial charge on any atom is 0.274 e. The highest BCUT2D eigenvalue weighted by molar-refractivity contribution is 6.07. The van der Waals surface area contributed by atoms with Crippen LogP contribution in [0.25, 0.3) is 0 Å². The third-order valence-electron chi connectivity index (χ3n) is 3.27. The van der Waals surface area contributed by atoms with Crippen LogP contribution in [0.2, 0.25) is 0 Å². The Bertz CT molecular complexity index is 701. The molecule has 0 bridgehead atoms. The van der Waals surface area contributed by atoms with Gasteiger partial charge in [0.1, 0.15) is 5.69 Å². The van der Waals surface area contributed by atoms with Crippen LogP contribution in [0.5, 0.6) is 0 Å².